The average molecular weight is 489 g/mol. The predicted molar refractivity (Wildman–Crippen MR) is 145 cm³/mol. The van der Waals surface area contributed by atoms with Crippen LogP contribution in [0.4, 0.5) is 11.4 Å². The van der Waals surface area contributed by atoms with Gasteiger partial charge in [0.2, 0.25) is 6.10 Å². The Morgan fingerprint density at radius 3 is 2.08 bits per heavy atom. The van der Waals surface area contributed by atoms with E-state index in [1.807, 2.05) is 102 Å². The number of β-lactam (4-membered cyclic amide) rings is 1. The van der Waals surface area contributed by atoms with Crippen LogP contribution in [0.5, 0.6) is 5.75 Å². The first-order valence-electron chi connectivity index (χ1n) is 12.6. The van der Waals surface area contributed by atoms with E-state index in [4.69, 9.17) is 4.74 Å². The highest BCUT2D eigenvalue weighted by atomic mass is 16.5. The van der Waals surface area contributed by atoms with Gasteiger partial charge in [0.15, 0.2) is 0 Å². The minimum absolute atomic E-state index is 0.0879. The summed E-state index contributed by atoms with van der Waals surface area (Å²) in [4.78, 5) is 31.5. The SMILES string of the molecule is Cc1ccc([C@]23C[C@@H](C)N(C(=O)c4ccccc4)c4ccccc4N2C(=O)[C@H]3Oc2ccccc2)cc1. The Labute approximate surface area is 216 Å². The van der Waals surface area contributed by atoms with E-state index in [0.29, 0.717) is 17.7 Å². The maximum Gasteiger partial charge on any atom is 0.271 e. The van der Waals surface area contributed by atoms with Crippen molar-refractivity contribution in [3.05, 3.63) is 126 Å². The molecule has 0 saturated carbocycles. The fourth-order valence-corrected chi connectivity index (χ4v) is 5.79. The van der Waals surface area contributed by atoms with Crippen molar-refractivity contribution in [2.45, 2.75) is 38.0 Å². The van der Waals surface area contributed by atoms with Crippen molar-refractivity contribution >= 4 is 23.2 Å². The summed E-state index contributed by atoms with van der Waals surface area (Å²) in [6.07, 6.45) is -0.202. The van der Waals surface area contributed by atoms with Gasteiger partial charge in [0, 0.05) is 18.0 Å². The van der Waals surface area contributed by atoms with Crippen molar-refractivity contribution in [3.8, 4) is 5.75 Å². The number of para-hydroxylation sites is 3. The number of nitrogens with zero attached hydrogens (tertiary/aromatic N) is 2. The minimum atomic E-state index is -0.776. The molecular formula is C32H28N2O3. The van der Waals surface area contributed by atoms with Gasteiger partial charge >= 0.3 is 0 Å². The molecular weight excluding hydrogens is 460 g/mol. The van der Waals surface area contributed by atoms with Gasteiger partial charge in [-0.25, -0.2) is 0 Å². The van der Waals surface area contributed by atoms with E-state index >= 15 is 0 Å². The molecule has 5 nitrogen and oxygen atoms in total. The number of rotatable bonds is 4. The summed E-state index contributed by atoms with van der Waals surface area (Å²) in [6.45, 7) is 4.10. The Morgan fingerprint density at radius 1 is 0.811 bits per heavy atom. The molecule has 3 atom stereocenters. The van der Waals surface area contributed by atoms with Crippen molar-refractivity contribution < 1.29 is 14.3 Å². The summed E-state index contributed by atoms with van der Waals surface area (Å²) in [6, 6.07) is 34.6. The third-order valence-corrected chi connectivity index (χ3v) is 7.50. The van der Waals surface area contributed by atoms with Crippen molar-refractivity contribution in [1.82, 2.24) is 0 Å². The molecule has 0 spiro atoms. The molecule has 5 heteroatoms. The van der Waals surface area contributed by atoms with Crippen molar-refractivity contribution in [3.63, 3.8) is 0 Å². The molecule has 0 N–H and O–H groups in total. The second-order valence-electron chi connectivity index (χ2n) is 9.86. The van der Waals surface area contributed by atoms with Gasteiger partial charge in [0.25, 0.3) is 11.8 Å². The van der Waals surface area contributed by atoms with Gasteiger partial charge < -0.3 is 9.64 Å². The zero-order chi connectivity index (χ0) is 25.6. The topological polar surface area (TPSA) is 49.9 Å². The molecule has 4 aromatic rings. The zero-order valence-corrected chi connectivity index (χ0v) is 20.9. The number of carbonyl (C=O) groups excluding carboxylic acids is 2. The summed E-state index contributed by atoms with van der Waals surface area (Å²) in [5.74, 6) is 0.447. The molecule has 184 valence electrons. The van der Waals surface area contributed by atoms with E-state index in [9.17, 15) is 9.59 Å². The van der Waals surface area contributed by atoms with Crippen LogP contribution in [0.15, 0.2) is 109 Å². The number of amides is 2. The second-order valence-corrected chi connectivity index (χ2v) is 9.86. The summed E-state index contributed by atoms with van der Waals surface area (Å²) < 4.78 is 6.42. The van der Waals surface area contributed by atoms with Crippen molar-refractivity contribution in [2.75, 3.05) is 9.80 Å². The number of carbonyl (C=O) groups is 2. The van der Waals surface area contributed by atoms with Crippen LogP contribution in [-0.4, -0.2) is 24.0 Å². The van der Waals surface area contributed by atoms with Gasteiger partial charge in [-0.05, 0) is 55.8 Å². The molecule has 4 aromatic carbocycles. The molecule has 0 aliphatic carbocycles. The molecule has 2 heterocycles. The molecule has 0 aromatic heterocycles. The summed E-state index contributed by atoms with van der Waals surface area (Å²) >= 11 is 0. The molecule has 0 unspecified atom stereocenters. The average Bonchev–Trinajstić information content (AvgIpc) is 3.03. The molecule has 2 aliphatic heterocycles. The van der Waals surface area contributed by atoms with Crippen LogP contribution in [0.2, 0.25) is 0 Å². The van der Waals surface area contributed by atoms with Crippen LogP contribution in [0.1, 0.15) is 34.8 Å². The van der Waals surface area contributed by atoms with Gasteiger partial charge in [0.05, 0.1) is 11.4 Å². The van der Waals surface area contributed by atoms with Crippen LogP contribution in [0.25, 0.3) is 0 Å². The summed E-state index contributed by atoms with van der Waals surface area (Å²) in [5.41, 5.74) is 3.41. The fourth-order valence-electron chi connectivity index (χ4n) is 5.79. The maximum absolute atomic E-state index is 13.9. The highest BCUT2D eigenvalue weighted by molar-refractivity contribution is 6.14. The summed E-state index contributed by atoms with van der Waals surface area (Å²) in [7, 11) is 0. The predicted octanol–water partition coefficient (Wildman–Crippen LogP) is 6.12. The van der Waals surface area contributed by atoms with E-state index in [1.54, 1.807) is 0 Å². The Morgan fingerprint density at radius 2 is 1.41 bits per heavy atom. The lowest BCUT2D eigenvalue weighted by Crippen LogP contribution is -2.75. The monoisotopic (exact) mass is 488 g/mol. The number of ether oxygens (including phenoxy) is 1. The molecule has 0 radical (unpaired) electrons. The fraction of sp³-hybridized carbons (Fsp3) is 0.188. The van der Waals surface area contributed by atoms with E-state index in [1.165, 1.54) is 0 Å². The van der Waals surface area contributed by atoms with E-state index in [0.717, 1.165) is 22.5 Å². The smallest absolute Gasteiger partial charge is 0.271 e. The lowest BCUT2D eigenvalue weighted by atomic mass is 9.70. The Balaban J connectivity index is 1.53. The van der Waals surface area contributed by atoms with Crippen LogP contribution in [0, 0.1) is 6.92 Å². The van der Waals surface area contributed by atoms with E-state index < -0.39 is 11.6 Å². The third kappa shape index (κ3) is 3.61. The Bertz CT molecular complexity index is 1450. The van der Waals surface area contributed by atoms with Gasteiger partial charge in [-0.2, -0.15) is 0 Å². The van der Waals surface area contributed by atoms with Crippen LogP contribution < -0.4 is 14.5 Å². The van der Waals surface area contributed by atoms with Crippen molar-refractivity contribution in [2.24, 2.45) is 0 Å². The van der Waals surface area contributed by atoms with Gasteiger partial charge in [-0.3, -0.25) is 14.5 Å². The normalized spacial score (nSPS) is 22.4. The van der Waals surface area contributed by atoms with E-state index in [2.05, 4.69) is 31.2 Å². The lowest BCUT2D eigenvalue weighted by Gasteiger charge is -2.56. The molecule has 0 bridgehead atoms. The number of hydrogen-bond donors (Lipinski definition) is 0. The molecule has 6 rings (SSSR count). The number of hydrogen-bond acceptors (Lipinski definition) is 3. The van der Waals surface area contributed by atoms with Gasteiger partial charge in [-0.1, -0.05) is 78.4 Å². The maximum atomic E-state index is 13.9. The third-order valence-electron chi connectivity index (χ3n) is 7.50. The largest absolute Gasteiger partial charge is 0.478 e. The standard InChI is InChI=1S/C32H28N2O3/c1-22-17-19-25(20-18-22)32-21-23(2)33(30(35)24-11-5-3-6-12-24)27-15-9-10-16-28(27)34(32)31(36)29(32)37-26-13-7-4-8-14-26/h3-20,23,29H,21H2,1-2H3/t23-,29-,32+/m1/s1. The first-order valence-corrected chi connectivity index (χ1v) is 12.6. The van der Waals surface area contributed by atoms with Gasteiger partial charge in [0.1, 0.15) is 11.3 Å². The van der Waals surface area contributed by atoms with Crippen LogP contribution in [0.3, 0.4) is 0 Å². The Kier molecular flexibility index (Phi) is 5.56. The quantitative estimate of drug-likeness (QED) is 0.325. The molecule has 1 fully saturated rings. The number of aryl methyl sites for hydroxylation is 1. The molecule has 1 saturated heterocycles. The van der Waals surface area contributed by atoms with Crippen LogP contribution >= 0.6 is 0 Å². The lowest BCUT2D eigenvalue weighted by molar-refractivity contribution is -0.142. The second kappa shape index (κ2) is 8.93. The first kappa shape index (κ1) is 23.0. The highest BCUT2D eigenvalue weighted by Gasteiger charge is 2.66. The number of fused-ring (bicyclic) bond motifs is 3. The first-order chi connectivity index (χ1) is 18.0. The highest BCUT2D eigenvalue weighted by Crippen LogP contribution is 2.54. The molecule has 2 amide bonds. The summed E-state index contributed by atoms with van der Waals surface area (Å²) in [5, 5.41) is 0. The zero-order valence-electron chi connectivity index (χ0n) is 20.9. The number of benzene rings is 4. The molecule has 37 heavy (non-hydrogen) atoms. The van der Waals surface area contributed by atoms with E-state index in [-0.39, 0.29) is 17.9 Å². The van der Waals surface area contributed by atoms with Crippen LogP contribution in [-0.2, 0) is 10.3 Å². The molecule has 2 aliphatic rings. The Hall–Kier alpha value is -4.38. The van der Waals surface area contributed by atoms with Crippen molar-refractivity contribution in [1.29, 1.82) is 0 Å². The minimum Gasteiger partial charge on any atom is -0.478 e. The van der Waals surface area contributed by atoms with Gasteiger partial charge in [-0.15, -0.1) is 0 Å². The number of anilines is 2.